The van der Waals surface area contributed by atoms with Crippen molar-refractivity contribution in [3.63, 3.8) is 0 Å². The van der Waals surface area contributed by atoms with E-state index in [9.17, 15) is 9.59 Å². The van der Waals surface area contributed by atoms with Crippen LogP contribution in [0.4, 0.5) is 0 Å². The molecular formula is C38H40Cl2N4O2. The SMILES string of the molecule is Cc1nc(-c2cccc(-c3cccc(-c4ccc(CNC[C@@H]5CCC(=O)C5)c(C)n4)c3Cl)c2Cl)ccc1CCC[C@@H]1CCC(=O)N1. The van der Waals surface area contributed by atoms with Gasteiger partial charge in [0.2, 0.25) is 5.91 Å². The summed E-state index contributed by atoms with van der Waals surface area (Å²) in [6.07, 6.45) is 6.89. The van der Waals surface area contributed by atoms with E-state index in [2.05, 4.69) is 22.8 Å². The fourth-order valence-corrected chi connectivity index (χ4v) is 7.36. The lowest BCUT2D eigenvalue weighted by atomic mass is 9.97. The molecule has 0 radical (unpaired) electrons. The Labute approximate surface area is 281 Å². The number of aryl methyl sites for hydroxylation is 3. The van der Waals surface area contributed by atoms with Crippen molar-refractivity contribution in [2.45, 2.75) is 77.8 Å². The smallest absolute Gasteiger partial charge is 0.220 e. The molecule has 2 aromatic heterocycles. The second kappa shape index (κ2) is 14.5. The maximum atomic E-state index is 11.6. The number of nitrogens with one attached hydrogen (secondary N) is 2. The first kappa shape index (κ1) is 32.4. The van der Waals surface area contributed by atoms with E-state index in [1.165, 1.54) is 5.56 Å². The van der Waals surface area contributed by atoms with Crippen LogP contribution in [0.5, 0.6) is 0 Å². The Morgan fingerprint density at radius 3 is 1.93 bits per heavy atom. The Balaban J connectivity index is 1.17. The topological polar surface area (TPSA) is 84.0 Å². The third-order valence-corrected chi connectivity index (χ3v) is 10.2. The molecule has 8 heteroatoms. The molecule has 2 atom stereocenters. The lowest BCUT2D eigenvalue weighted by molar-refractivity contribution is -0.119. The van der Waals surface area contributed by atoms with E-state index in [0.29, 0.717) is 53.6 Å². The molecule has 2 aromatic carbocycles. The van der Waals surface area contributed by atoms with Crippen LogP contribution in [-0.2, 0) is 22.6 Å². The number of nitrogens with zero attached hydrogens (tertiary/aromatic N) is 2. The number of ketones is 1. The summed E-state index contributed by atoms with van der Waals surface area (Å²) in [6.45, 7) is 5.63. The summed E-state index contributed by atoms with van der Waals surface area (Å²) in [7, 11) is 0. The number of rotatable bonds is 11. The average molecular weight is 656 g/mol. The number of hydrogen-bond acceptors (Lipinski definition) is 5. The zero-order valence-electron chi connectivity index (χ0n) is 26.5. The number of amides is 1. The number of hydrogen-bond donors (Lipinski definition) is 2. The van der Waals surface area contributed by atoms with Gasteiger partial charge in [-0.25, -0.2) is 0 Å². The summed E-state index contributed by atoms with van der Waals surface area (Å²) in [4.78, 5) is 32.9. The van der Waals surface area contributed by atoms with Crippen LogP contribution in [0.15, 0.2) is 60.7 Å². The second-order valence-corrected chi connectivity index (χ2v) is 13.4. The van der Waals surface area contributed by atoms with Gasteiger partial charge >= 0.3 is 0 Å². The van der Waals surface area contributed by atoms with Gasteiger partial charge < -0.3 is 10.6 Å². The number of carbonyl (C=O) groups excluding carboxylic acids is 2. The molecular weight excluding hydrogens is 615 g/mol. The normalized spacial score (nSPS) is 17.9. The van der Waals surface area contributed by atoms with Crippen LogP contribution in [-0.4, -0.2) is 34.2 Å². The molecule has 1 amide bonds. The molecule has 3 heterocycles. The van der Waals surface area contributed by atoms with E-state index in [0.717, 1.165) is 89.2 Å². The summed E-state index contributed by atoms with van der Waals surface area (Å²) >= 11 is 14.2. The Hall–Kier alpha value is -3.58. The van der Waals surface area contributed by atoms with Crippen molar-refractivity contribution in [1.82, 2.24) is 20.6 Å². The largest absolute Gasteiger partial charge is 0.353 e. The molecule has 6 nitrogen and oxygen atoms in total. The number of carbonyl (C=O) groups is 2. The van der Waals surface area contributed by atoms with Crippen molar-refractivity contribution in [2.75, 3.05) is 6.54 Å². The van der Waals surface area contributed by atoms with E-state index in [1.807, 2.05) is 62.4 Å². The summed E-state index contributed by atoms with van der Waals surface area (Å²) in [5.74, 6) is 0.983. The predicted molar refractivity (Wildman–Crippen MR) is 186 cm³/mol. The monoisotopic (exact) mass is 654 g/mol. The van der Waals surface area contributed by atoms with Crippen molar-refractivity contribution in [3.05, 3.63) is 93.2 Å². The van der Waals surface area contributed by atoms with E-state index in [1.54, 1.807) is 0 Å². The van der Waals surface area contributed by atoms with Gasteiger partial charge in [-0.1, -0.05) is 71.7 Å². The number of aromatic nitrogens is 2. The quantitative estimate of drug-likeness (QED) is 0.169. The van der Waals surface area contributed by atoms with Crippen molar-refractivity contribution in [2.24, 2.45) is 5.92 Å². The summed E-state index contributed by atoms with van der Waals surface area (Å²) in [6, 6.07) is 20.6. The summed E-state index contributed by atoms with van der Waals surface area (Å²) in [5.41, 5.74) is 9.31. The average Bonchev–Trinajstić information content (AvgIpc) is 3.66. The van der Waals surface area contributed by atoms with Crippen molar-refractivity contribution in [3.8, 4) is 33.6 Å². The number of benzene rings is 2. The minimum Gasteiger partial charge on any atom is -0.353 e. The standard InChI is InChI=1S/C38H40Cl2N4O2/c1-23-26(6-3-7-28-15-19-36(46)44-28)13-17-34(42-23)32-10-4-8-30(37(32)39)31-9-5-11-33(38(31)40)35-18-14-27(24(2)43-35)22-41-21-25-12-16-29(45)20-25/h4-5,8-11,13-14,17-18,25,28,41H,3,6-7,12,15-16,19-22H2,1-2H3,(H,44,46)/t25-,28-/m1/s1. The Kier molecular flexibility index (Phi) is 10.2. The van der Waals surface area contributed by atoms with Gasteiger partial charge in [-0.3, -0.25) is 19.6 Å². The van der Waals surface area contributed by atoms with Crippen LogP contribution < -0.4 is 10.6 Å². The zero-order valence-corrected chi connectivity index (χ0v) is 28.0. The zero-order chi connectivity index (χ0) is 32.2. The van der Waals surface area contributed by atoms with Crippen molar-refractivity contribution >= 4 is 34.9 Å². The van der Waals surface area contributed by atoms with Gasteiger partial charge in [-0.05, 0) is 81.7 Å². The van der Waals surface area contributed by atoms with Gasteiger partial charge in [-0.2, -0.15) is 0 Å². The van der Waals surface area contributed by atoms with E-state index < -0.39 is 0 Å². The minimum atomic E-state index is 0.166. The van der Waals surface area contributed by atoms with Gasteiger partial charge in [0, 0.05) is 65.5 Å². The molecule has 1 aliphatic heterocycles. The molecule has 4 aromatic rings. The lowest BCUT2D eigenvalue weighted by Crippen LogP contribution is -2.25. The fourth-order valence-electron chi connectivity index (χ4n) is 6.72. The van der Waals surface area contributed by atoms with Crippen LogP contribution in [0, 0.1) is 19.8 Å². The molecule has 238 valence electrons. The third kappa shape index (κ3) is 7.35. The first-order chi connectivity index (χ1) is 22.3. The van der Waals surface area contributed by atoms with Gasteiger partial charge in [0.25, 0.3) is 0 Å². The molecule has 0 unspecified atom stereocenters. The molecule has 2 N–H and O–H groups in total. The number of halogens is 2. The van der Waals surface area contributed by atoms with Crippen LogP contribution in [0.3, 0.4) is 0 Å². The third-order valence-electron chi connectivity index (χ3n) is 9.41. The van der Waals surface area contributed by atoms with E-state index >= 15 is 0 Å². The van der Waals surface area contributed by atoms with Crippen LogP contribution in [0.1, 0.15) is 67.5 Å². The molecule has 1 aliphatic carbocycles. The molecule has 0 bridgehead atoms. The van der Waals surface area contributed by atoms with Crippen molar-refractivity contribution < 1.29 is 9.59 Å². The van der Waals surface area contributed by atoms with E-state index in [4.69, 9.17) is 33.2 Å². The van der Waals surface area contributed by atoms with E-state index in [-0.39, 0.29) is 5.91 Å². The first-order valence-corrected chi connectivity index (χ1v) is 17.1. The predicted octanol–water partition coefficient (Wildman–Crippen LogP) is 8.46. The highest BCUT2D eigenvalue weighted by Crippen LogP contribution is 2.42. The number of pyridine rings is 2. The summed E-state index contributed by atoms with van der Waals surface area (Å²) < 4.78 is 0. The van der Waals surface area contributed by atoms with Gasteiger partial charge in [-0.15, -0.1) is 0 Å². The highest BCUT2D eigenvalue weighted by atomic mass is 35.5. The lowest BCUT2D eigenvalue weighted by Gasteiger charge is -2.15. The van der Waals surface area contributed by atoms with Gasteiger partial charge in [0.1, 0.15) is 5.78 Å². The Morgan fingerprint density at radius 1 is 0.783 bits per heavy atom. The second-order valence-electron chi connectivity index (χ2n) is 12.7. The molecule has 1 saturated heterocycles. The highest BCUT2D eigenvalue weighted by Gasteiger charge is 2.22. The maximum absolute atomic E-state index is 11.6. The highest BCUT2D eigenvalue weighted by molar-refractivity contribution is 6.39. The molecule has 1 saturated carbocycles. The van der Waals surface area contributed by atoms with Gasteiger partial charge in [0.15, 0.2) is 0 Å². The van der Waals surface area contributed by atoms with Crippen LogP contribution in [0.2, 0.25) is 10.0 Å². The van der Waals surface area contributed by atoms with Crippen LogP contribution >= 0.6 is 23.2 Å². The fraction of sp³-hybridized carbons (Fsp3) is 0.368. The minimum absolute atomic E-state index is 0.166. The molecule has 2 aliphatic rings. The van der Waals surface area contributed by atoms with Gasteiger partial charge in [0.05, 0.1) is 21.4 Å². The molecule has 2 fully saturated rings. The molecule has 6 rings (SSSR count). The first-order valence-electron chi connectivity index (χ1n) is 16.3. The Morgan fingerprint density at radius 2 is 1.39 bits per heavy atom. The maximum Gasteiger partial charge on any atom is 0.220 e. The summed E-state index contributed by atoms with van der Waals surface area (Å²) in [5, 5.41) is 7.77. The van der Waals surface area contributed by atoms with Crippen molar-refractivity contribution in [1.29, 1.82) is 0 Å². The van der Waals surface area contributed by atoms with Crippen LogP contribution in [0.25, 0.3) is 33.6 Å². The number of Topliss-reactive ketones (excluding diaryl/α,β-unsaturated/α-hetero) is 1. The molecule has 46 heavy (non-hydrogen) atoms. The Bertz CT molecular complexity index is 1640. The molecule has 0 spiro atoms.